The van der Waals surface area contributed by atoms with Crippen LogP contribution in [0, 0.1) is 20.8 Å². The lowest BCUT2D eigenvalue weighted by atomic mass is 9.98. The second-order valence-corrected chi connectivity index (χ2v) is 14.8. The van der Waals surface area contributed by atoms with Crippen molar-refractivity contribution in [1.82, 2.24) is 18.8 Å². The Morgan fingerprint density at radius 2 is 1.02 bits per heavy atom. The van der Waals surface area contributed by atoms with E-state index < -0.39 is 0 Å². The molecule has 0 amide bonds. The van der Waals surface area contributed by atoms with Gasteiger partial charge in [-0.05, 0) is 91.2 Å². The second-order valence-electron chi connectivity index (χ2n) is 14.8. The fraction of sp³-hybridized carbons (Fsp3) is 0.0588. The molecule has 0 unspecified atom stereocenters. The Kier molecular flexibility index (Phi) is 7.13. The summed E-state index contributed by atoms with van der Waals surface area (Å²) in [4.78, 5) is 10.8. The van der Waals surface area contributed by atoms with Crippen molar-refractivity contribution in [3.8, 4) is 45.3 Å². The van der Waals surface area contributed by atoms with Gasteiger partial charge in [0.25, 0.3) is 0 Å². The molecule has 0 spiro atoms. The SMILES string of the molecule is Cc1cc(C)c(-c2cn3c4ccccc4c4ccc(Oc5ccc6c7ccccc7n7c(-c8ccccc8)c(-c8ccccc8)nc7c6c5)cc4c3n2)c(C)c1. The van der Waals surface area contributed by atoms with Gasteiger partial charge < -0.3 is 4.74 Å². The Labute approximate surface area is 323 Å². The molecule has 0 saturated carbocycles. The molecule has 0 aliphatic heterocycles. The maximum atomic E-state index is 6.79. The number of fused-ring (bicyclic) bond motifs is 12. The first-order chi connectivity index (χ1) is 27.5. The summed E-state index contributed by atoms with van der Waals surface area (Å²) >= 11 is 0. The van der Waals surface area contributed by atoms with Crippen molar-refractivity contribution >= 4 is 54.6 Å². The molecular formula is C51H36N4O. The lowest BCUT2D eigenvalue weighted by Crippen LogP contribution is -1.95. The number of nitrogens with zero attached hydrogens (tertiary/aromatic N) is 4. The molecule has 11 aromatic rings. The molecule has 266 valence electrons. The Morgan fingerprint density at radius 3 is 1.68 bits per heavy atom. The first-order valence-electron chi connectivity index (χ1n) is 19.1. The molecule has 4 heterocycles. The summed E-state index contributed by atoms with van der Waals surface area (Å²) in [5.41, 5.74) is 14.1. The Balaban J connectivity index is 1.11. The monoisotopic (exact) mass is 720 g/mol. The van der Waals surface area contributed by atoms with Crippen molar-refractivity contribution in [3.63, 3.8) is 0 Å². The van der Waals surface area contributed by atoms with Crippen LogP contribution in [0.4, 0.5) is 0 Å². The highest BCUT2D eigenvalue weighted by Gasteiger charge is 2.22. The largest absolute Gasteiger partial charge is 0.457 e. The predicted octanol–water partition coefficient (Wildman–Crippen LogP) is 13.3. The molecule has 0 N–H and O–H groups in total. The highest BCUT2D eigenvalue weighted by molar-refractivity contribution is 6.14. The number of para-hydroxylation sites is 2. The average molecular weight is 721 g/mol. The van der Waals surface area contributed by atoms with Crippen LogP contribution in [0.15, 0.2) is 164 Å². The molecule has 7 aromatic carbocycles. The number of aryl methyl sites for hydroxylation is 3. The Hall–Kier alpha value is -7.24. The molecule has 0 aliphatic carbocycles. The van der Waals surface area contributed by atoms with E-state index in [4.69, 9.17) is 14.7 Å². The number of aromatic nitrogens is 4. The third kappa shape index (κ3) is 4.94. The summed E-state index contributed by atoms with van der Waals surface area (Å²) in [6.45, 7) is 6.50. The maximum absolute atomic E-state index is 6.79. The van der Waals surface area contributed by atoms with Crippen LogP contribution in [-0.4, -0.2) is 18.8 Å². The molecule has 5 heteroatoms. The zero-order valence-electron chi connectivity index (χ0n) is 31.3. The molecule has 0 saturated heterocycles. The minimum absolute atomic E-state index is 0.742. The molecule has 0 aliphatic rings. The Morgan fingerprint density at radius 1 is 0.464 bits per heavy atom. The molecular weight excluding hydrogens is 685 g/mol. The average Bonchev–Trinajstić information content (AvgIpc) is 3.85. The number of pyridine rings is 2. The topological polar surface area (TPSA) is 43.8 Å². The van der Waals surface area contributed by atoms with Crippen LogP contribution in [0.2, 0.25) is 0 Å². The second kappa shape index (κ2) is 12.4. The third-order valence-electron chi connectivity index (χ3n) is 11.2. The number of hydrogen-bond acceptors (Lipinski definition) is 3. The van der Waals surface area contributed by atoms with Crippen LogP contribution in [-0.2, 0) is 0 Å². The van der Waals surface area contributed by atoms with Gasteiger partial charge in [0.1, 0.15) is 22.8 Å². The van der Waals surface area contributed by atoms with Crippen molar-refractivity contribution in [2.24, 2.45) is 0 Å². The third-order valence-corrected chi connectivity index (χ3v) is 11.2. The van der Waals surface area contributed by atoms with E-state index in [-0.39, 0.29) is 0 Å². The van der Waals surface area contributed by atoms with Crippen molar-refractivity contribution in [1.29, 1.82) is 0 Å². The highest BCUT2D eigenvalue weighted by Crippen LogP contribution is 2.41. The van der Waals surface area contributed by atoms with E-state index in [2.05, 4.69) is 187 Å². The van der Waals surface area contributed by atoms with Crippen LogP contribution in [0.1, 0.15) is 16.7 Å². The van der Waals surface area contributed by atoms with Crippen molar-refractivity contribution in [3.05, 3.63) is 181 Å². The van der Waals surface area contributed by atoms with Crippen molar-refractivity contribution < 1.29 is 4.74 Å². The number of ether oxygens (including phenoxy) is 1. The summed E-state index contributed by atoms with van der Waals surface area (Å²) in [5, 5.41) is 6.66. The lowest BCUT2D eigenvalue weighted by molar-refractivity contribution is 0.484. The summed E-state index contributed by atoms with van der Waals surface area (Å²) in [6.07, 6.45) is 2.19. The number of rotatable bonds is 5. The van der Waals surface area contributed by atoms with E-state index in [1.165, 1.54) is 27.6 Å². The fourth-order valence-electron chi connectivity index (χ4n) is 8.91. The van der Waals surface area contributed by atoms with Gasteiger partial charge in [-0.2, -0.15) is 0 Å². The standard InChI is InChI=1S/C51H36N4O/c1-31-26-32(2)47(33(3)27-31)44-30-54-45-20-12-10-18-40(45)38-24-22-36(28-42(38)50(54)52-44)56-37-23-25-39-41-19-11-13-21-46(41)55-49(35-16-8-5-9-17-35)48(34-14-6-4-7-15-34)53-51(55)43(39)29-37/h4-30H,1-3H3. The molecule has 56 heavy (non-hydrogen) atoms. The number of imidazole rings is 2. The first-order valence-corrected chi connectivity index (χ1v) is 19.1. The summed E-state index contributed by atoms with van der Waals surface area (Å²) in [7, 11) is 0. The van der Waals surface area contributed by atoms with Gasteiger partial charge in [-0.25, -0.2) is 9.97 Å². The molecule has 5 nitrogen and oxygen atoms in total. The Bertz CT molecular complexity index is 3340. The van der Waals surface area contributed by atoms with Crippen LogP contribution in [0.5, 0.6) is 11.5 Å². The van der Waals surface area contributed by atoms with E-state index in [0.29, 0.717) is 0 Å². The molecule has 4 aromatic heterocycles. The summed E-state index contributed by atoms with van der Waals surface area (Å²) in [5.74, 6) is 1.49. The van der Waals surface area contributed by atoms with Crippen LogP contribution >= 0.6 is 0 Å². The normalized spacial score (nSPS) is 11.8. The first kappa shape index (κ1) is 32.2. The molecule has 0 bridgehead atoms. The van der Waals surface area contributed by atoms with Gasteiger partial charge in [0, 0.05) is 44.4 Å². The van der Waals surface area contributed by atoms with Gasteiger partial charge in [0.05, 0.1) is 28.1 Å². The van der Waals surface area contributed by atoms with Crippen LogP contribution in [0.25, 0.3) is 88.4 Å². The molecule has 0 fully saturated rings. The zero-order chi connectivity index (χ0) is 37.5. The van der Waals surface area contributed by atoms with Crippen LogP contribution in [0.3, 0.4) is 0 Å². The number of hydrogen-bond donors (Lipinski definition) is 0. The van der Waals surface area contributed by atoms with Gasteiger partial charge in [0.15, 0.2) is 0 Å². The van der Waals surface area contributed by atoms with E-state index in [9.17, 15) is 0 Å². The van der Waals surface area contributed by atoms with E-state index in [1.807, 2.05) is 6.07 Å². The van der Waals surface area contributed by atoms with E-state index >= 15 is 0 Å². The fourth-order valence-corrected chi connectivity index (χ4v) is 8.91. The quantitative estimate of drug-likeness (QED) is 0.166. The van der Waals surface area contributed by atoms with Gasteiger partial charge in [0.2, 0.25) is 0 Å². The minimum Gasteiger partial charge on any atom is -0.457 e. The van der Waals surface area contributed by atoms with Crippen molar-refractivity contribution in [2.45, 2.75) is 20.8 Å². The van der Waals surface area contributed by atoms with Crippen molar-refractivity contribution in [2.75, 3.05) is 0 Å². The predicted molar refractivity (Wildman–Crippen MR) is 231 cm³/mol. The number of benzene rings is 7. The zero-order valence-corrected chi connectivity index (χ0v) is 31.3. The summed E-state index contributed by atoms with van der Waals surface area (Å²) in [6, 6.07) is 55.5. The molecule has 11 rings (SSSR count). The van der Waals surface area contributed by atoms with Gasteiger partial charge in [-0.15, -0.1) is 0 Å². The summed E-state index contributed by atoms with van der Waals surface area (Å²) < 4.78 is 11.4. The van der Waals surface area contributed by atoms with Gasteiger partial charge in [-0.3, -0.25) is 8.80 Å². The minimum atomic E-state index is 0.742. The maximum Gasteiger partial charge on any atom is 0.146 e. The van der Waals surface area contributed by atoms with E-state index in [0.717, 1.165) is 89.0 Å². The highest BCUT2D eigenvalue weighted by atomic mass is 16.5. The molecule has 0 radical (unpaired) electrons. The molecule has 0 atom stereocenters. The van der Waals surface area contributed by atoms with E-state index in [1.54, 1.807) is 0 Å². The van der Waals surface area contributed by atoms with Crippen LogP contribution < -0.4 is 4.74 Å². The van der Waals surface area contributed by atoms with Gasteiger partial charge in [-0.1, -0.05) is 115 Å². The smallest absolute Gasteiger partial charge is 0.146 e. The lowest BCUT2D eigenvalue weighted by Gasteiger charge is -2.13. The van der Waals surface area contributed by atoms with Gasteiger partial charge >= 0.3 is 0 Å².